The fourth-order valence-electron chi connectivity index (χ4n) is 0.328. The highest BCUT2D eigenvalue weighted by molar-refractivity contribution is 7.97. The molecule has 0 atom stereocenters. The third kappa shape index (κ3) is 6.31. The monoisotopic (exact) mass is 133 g/mol. The minimum absolute atomic E-state index is 0.617. The first-order chi connectivity index (χ1) is 3.77. The van der Waals surface area contributed by atoms with Gasteiger partial charge in [0, 0.05) is 11.8 Å². The summed E-state index contributed by atoms with van der Waals surface area (Å²) in [5.41, 5.74) is 0. The van der Waals surface area contributed by atoms with Gasteiger partial charge in [-0.05, 0) is 20.3 Å². The zero-order valence-corrected chi connectivity index (χ0v) is 6.72. The minimum Gasteiger partial charge on any atom is -0.262 e. The van der Waals surface area contributed by atoms with Crippen LogP contribution in [0.2, 0.25) is 0 Å². The fourth-order valence-corrected chi connectivity index (χ4v) is 0.983. The Labute approximate surface area is 56.4 Å². The van der Waals surface area contributed by atoms with Gasteiger partial charge in [0.25, 0.3) is 0 Å². The third-order valence-corrected chi connectivity index (χ3v) is 1.88. The second-order valence-electron chi connectivity index (χ2n) is 2.12. The van der Waals surface area contributed by atoms with Crippen molar-refractivity contribution in [1.29, 1.82) is 0 Å². The number of hydrogen-bond donors (Lipinski definition) is 1. The SMILES string of the molecule is CCCSNC(C)C. The smallest absolute Gasteiger partial charge is 0.0115 e. The van der Waals surface area contributed by atoms with Crippen LogP contribution in [0, 0.1) is 0 Å². The van der Waals surface area contributed by atoms with E-state index in [0.717, 1.165) is 0 Å². The van der Waals surface area contributed by atoms with Crippen molar-refractivity contribution in [2.24, 2.45) is 0 Å². The second kappa shape index (κ2) is 5.45. The van der Waals surface area contributed by atoms with Gasteiger partial charge in [0.2, 0.25) is 0 Å². The van der Waals surface area contributed by atoms with Crippen molar-refractivity contribution in [2.75, 3.05) is 5.75 Å². The molecule has 0 heterocycles. The maximum Gasteiger partial charge on any atom is 0.0115 e. The molecule has 0 aliphatic carbocycles. The van der Waals surface area contributed by atoms with Crippen LogP contribution in [0.4, 0.5) is 0 Å². The lowest BCUT2D eigenvalue weighted by Gasteiger charge is -2.04. The van der Waals surface area contributed by atoms with Crippen LogP contribution in [0.1, 0.15) is 27.2 Å². The van der Waals surface area contributed by atoms with Gasteiger partial charge in [-0.25, -0.2) is 0 Å². The van der Waals surface area contributed by atoms with Crippen molar-refractivity contribution < 1.29 is 0 Å². The molecule has 0 fully saturated rings. The molecule has 0 amide bonds. The minimum atomic E-state index is 0.617. The van der Waals surface area contributed by atoms with Gasteiger partial charge in [0.1, 0.15) is 0 Å². The largest absolute Gasteiger partial charge is 0.262 e. The molecule has 0 aromatic rings. The molecule has 0 aromatic carbocycles. The van der Waals surface area contributed by atoms with Crippen LogP contribution in [0.15, 0.2) is 0 Å². The Hall–Kier alpha value is 0.310. The third-order valence-electron chi connectivity index (χ3n) is 0.625. The topological polar surface area (TPSA) is 12.0 Å². The summed E-state index contributed by atoms with van der Waals surface area (Å²) in [7, 11) is 0. The van der Waals surface area contributed by atoms with Gasteiger partial charge in [-0.15, -0.1) is 0 Å². The van der Waals surface area contributed by atoms with Crippen molar-refractivity contribution in [3.05, 3.63) is 0 Å². The van der Waals surface area contributed by atoms with E-state index in [1.165, 1.54) is 12.2 Å². The Kier molecular flexibility index (Phi) is 5.66. The van der Waals surface area contributed by atoms with Crippen molar-refractivity contribution >= 4 is 11.9 Å². The summed E-state index contributed by atoms with van der Waals surface area (Å²) in [6.07, 6.45) is 1.25. The second-order valence-corrected chi connectivity index (χ2v) is 3.05. The highest BCUT2D eigenvalue weighted by atomic mass is 32.2. The lowest BCUT2D eigenvalue weighted by atomic mass is 10.4. The van der Waals surface area contributed by atoms with Crippen LogP contribution in [-0.4, -0.2) is 11.8 Å². The molecule has 0 rings (SSSR count). The Bertz CT molecular complexity index is 45.8. The van der Waals surface area contributed by atoms with Crippen LogP contribution < -0.4 is 4.72 Å². The van der Waals surface area contributed by atoms with E-state index < -0.39 is 0 Å². The summed E-state index contributed by atoms with van der Waals surface area (Å²) in [6.45, 7) is 6.50. The lowest BCUT2D eigenvalue weighted by molar-refractivity contribution is 0.770. The highest BCUT2D eigenvalue weighted by Crippen LogP contribution is 1.96. The Morgan fingerprint density at radius 1 is 1.50 bits per heavy atom. The maximum absolute atomic E-state index is 3.26. The molecule has 0 radical (unpaired) electrons. The Morgan fingerprint density at radius 2 is 2.12 bits per heavy atom. The summed E-state index contributed by atoms with van der Waals surface area (Å²) in [5, 5.41) is 0. The van der Waals surface area contributed by atoms with Crippen LogP contribution >= 0.6 is 11.9 Å². The standard InChI is InChI=1S/C6H15NS/c1-4-5-8-7-6(2)3/h6-7H,4-5H2,1-3H3. The Balaban J connectivity index is 2.72. The van der Waals surface area contributed by atoms with Gasteiger partial charge in [-0.1, -0.05) is 18.9 Å². The summed E-state index contributed by atoms with van der Waals surface area (Å²) in [5.74, 6) is 1.22. The number of rotatable bonds is 4. The molecule has 2 heteroatoms. The zero-order chi connectivity index (χ0) is 6.41. The van der Waals surface area contributed by atoms with Crippen LogP contribution in [0.5, 0.6) is 0 Å². The molecular weight excluding hydrogens is 118 g/mol. The predicted molar refractivity (Wildman–Crippen MR) is 41.0 cm³/mol. The molecule has 0 bridgehead atoms. The first-order valence-corrected chi connectivity index (χ1v) is 4.13. The molecule has 50 valence electrons. The van der Waals surface area contributed by atoms with E-state index >= 15 is 0 Å². The van der Waals surface area contributed by atoms with Gasteiger partial charge in [0.05, 0.1) is 0 Å². The lowest BCUT2D eigenvalue weighted by Crippen LogP contribution is -2.14. The van der Waals surface area contributed by atoms with E-state index in [1.807, 2.05) is 11.9 Å². The van der Waals surface area contributed by atoms with E-state index in [0.29, 0.717) is 6.04 Å². The van der Waals surface area contributed by atoms with Crippen LogP contribution in [-0.2, 0) is 0 Å². The van der Waals surface area contributed by atoms with Crippen LogP contribution in [0.3, 0.4) is 0 Å². The summed E-state index contributed by atoms with van der Waals surface area (Å²) in [4.78, 5) is 0. The van der Waals surface area contributed by atoms with Gasteiger partial charge < -0.3 is 0 Å². The van der Waals surface area contributed by atoms with Gasteiger partial charge in [0.15, 0.2) is 0 Å². The van der Waals surface area contributed by atoms with E-state index in [1.54, 1.807) is 0 Å². The summed E-state index contributed by atoms with van der Waals surface area (Å²) < 4.78 is 3.26. The average molecular weight is 133 g/mol. The number of nitrogens with one attached hydrogen (secondary N) is 1. The molecule has 0 saturated carbocycles. The van der Waals surface area contributed by atoms with Crippen LogP contribution in [0.25, 0.3) is 0 Å². The first kappa shape index (κ1) is 8.31. The first-order valence-electron chi connectivity index (χ1n) is 3.14. The quantitative estimate of drug-likeness (QED) is 0.465. The van der Waals surface area contributed by atoms with E-state index in [9.17, 15) is 0 Å². The molecule has 0 unspecified atom stereocenters. The summed E-state index contributed by atoms with van der Waals surface area (Å²) in [6, 6.07) is 0.617. The molecule has 0 spiro atoms. The molecule has 1 N–H and O–H groups in total. The van der Waals surface area contributed by atoms with Crippen molar-refractivity contribution in [2.45, 2.75) is 33.2 Å². The number of hydrogen-bond acceptors (Lipinski definition) is 2. The van der Waals surface area contributed by atoms with E-state index in [4.69, 9.17) is 0 Å². The predicted octanol–water partition coefficient (Wildman–Crippen LogP) is 2.04. The van der Waals surface area contributed by atoms with Gasteiger partial charge in [-0.3, -0.25) is 4.72 Å². The molecular formula is C6H15NS. The van der Waals surface area contributed by atoms with Gasteiger partial charge >= 0.3 is 0 Å². The molecule has 1 nitrogen and oxygen atoms in total. The molecule has 0 aromatic heterocycles. The maximum atomic E-state index is 3.26. The zero-order valence-electron chi connectivity index (χ0n) is 5.90. The molecule has 8 heavy (non-hydrogen) atoms. The Morgan fingerprint density at radius 3 is 2.50 bits per heavy atom. The average Bonchev–Trinajstić information content (AvgIpc) is 1.66. The fraction of sp³-hybridized carbons (Fsp3) is 1.00. The van der Waals surface area contributed by atoms with Crippen molar-refractivity contribution in [3.8, 4) is 0 Å². The molecule has 0 aliphatic rings. The van der Waals surface area contributed by atoms with Crippen molar-refractivity contribution in [1.82, 2.24) is 4.72 Å². The molecule has 0 saturated heterocycles. The molecule has 0 aliphatic heterocycles. The van der Waals surface area contributed by atoms with E-state index in [-0.39, 0.29) is 0 Å². The van der Waals surface area contributed by atoms with Gasteiger partial charge in [-0.2, -0.15) is 0 Å². The van der Waals surface area contributed by atoms with Crippen molar-refractivity contribution in [3.63, 3.8) is 0 Å². The van der Waals surface area contributed by atoms with E-state index in [2.05, 4.69) is 25.5 Å². The summed E-state index contributed by atoms with van der Waals surface area (Å²) >= 11 is 1.81. The normalized spacial score (nSPS) is 10.5. The highest BCUT2D eigenvalue weighted by Gasteiger charge is 1.88.